The molecule has 152 valence electrons. The predicted molar refractivity (Wildman–Crippen MR) is 111 cm³/mol. The van der Waals surface area contributed by atoms with Crippen LogP contribution in [-0.4, -0.2) is 0 Å². The van der Waals surface area contributed by atoms with Crippen molar-refractivity contribution in [2.75, 3.05) is 0 Å². The third-order valence-corrected chi connectivity index (χ3v) is 5.37. The van der Waals surface area contributed by atoms with E-state index < -0.39 is 0 Å². The SMILES string of the molecule is CCCCCCCCCCCCCCCCCCc1cc[n+](C)cc1.[Cl-]. The number of aryl methyl sites for hydroxylation is 2. The van der Waals surface area contributed by atoms with Crippen molar-refractivity contribution in [3.05, 3.63) is 30.1 Å². The zero-order valence-electron chi connectivity index (χ0n) is 17.7. The van der Waals surface area contributed by atoms with E-state index in [-0.39, 0.29) is 12.4 Å². The lowest BCUT2D eigenvalue weighted by Gasteiger charge is -2.04. The molecule has 0 aromatic carbocycles. The number of unbranched alkanes of at least 4 members (excludes halogenated alkanes) is 15. The summed E-state index contributed by atoms with van der Waals surface area (Å²) in [5.41, 5.74) is 1.49. The molecule has 1 nitrogen and oxygen atoms in total. The van der Waals surface area contributed by atoms with Crippen molar-refractivity contribution in [3.63, 3.8) is 0 Å². The highest BCUT2D eigenvalue weighted by molar-refractivity contribution is 5.06. The maximum Gasteiger partial charge on any atom is 0.168 e. The first-order valence-corrected chi connectivity index (χ1v) is 11.3. The van der Waals surface area contributed by atoms with Gasteiger partial charge in [-0.25, -0.2) is 4.57 Å². The summed E-state index contributed by atoms with van der Waals surface area (Å²) in [6.07, 6.45) is 28.7. The van der Waals surface area contributed by atoms with Gasteiger partial charge in [0.25, 0.3) is 0 Å². The maximum atomic E-state index is 2.30. The summed E-state index contributed by atoms with van der Waals surface area (Å²) in [7, 11) is 2.08. The fourth-order valence-corrected chi connectivity index (χ4v) is 3.58. The molecule has 0 unspecified atom stereocenters. The molecule has 0 saturated heterocycles. The first-order valence-electron chi connectivity index (χ1n) is 11.3. The van der Waals surface area contributed by atoms with Gasteiger partial charge in [0.15, 0.2) is 12.4 Å². The molecule has 0 spiro atoms. The fraction of sp³-hybridized carbons (Fsp3) is 0.792. The minimum Gasteiger partial charge on any atom is -1.00 e. The Labute approximate surface area is 170 Å². The van der Waals surface area contributed by atoms with Crippen LogP contribution < -0.4 is 17.0 Å². The Morgan fingerprint density at radius 3 is 1.31 bits per heavy atom. The van der Waals surface area contributed by atoms with E-state index in [4.69, 9.17) is 0 Å². The summed E-state index contributed by atoms with van der Waals surface area (Å²) >= 11 is 0. The van der Waals surface area contributed by atoms with Gasteiger partial charge < -0.3 is 12.4 Å². The van der Waals surface area contributed by atoms with Gasteiger partial charge in [-0.1, -0.05) is 103 Å². The molecule has 0 bridgehead atoms. The Hall–Kier alpha value is -0.560. The van der Waals surface area contributed by atoms with E-state index in [2.05, 4.69) is 43.1 Å². The van der Waals surface area contributed by atoms with Crippen LogP contribution in [0.3, 0.4) is 0 Å². The van der Waals surface area contributed by atoms with Crippen molar-refractivity contribution in [1.82, 2.24) is 0 Å². The van der Waals surface area contributed by atoms with Crippen LogP contribution in [0.1, 0.15) is 115 Å². The molecule has 1 aromatic rings. The molecule has 0 atom stereocenters. The van der Waals surface area contributed by atoms with Gasteiger partial charge in [0.05, 0.1) is 0 Å². The number of hydrogen-bond donors (Lipinski definition) is 0. The Kier molecular flexibility index (Phi) is 18.8. The highest BCUT2D eigenvalue weighted by Crippen LogP contribution is 2.14. The van der Waals surface area contributed by atoms with Crippen molar-refractivity contribution in [1.29, 1.82) is 0 Å². The van der Waals surface area contributed by atoms with Gasteiger partial charge in [-0.05, 0) is 18.4 Å². The smallest absolute Gasteiger partial charge is 0.168 e. The largest absolute Gasteiger partial charge is 1.00 e. The molecule has 0 N–H and O–H groups in total. The standard InChI is InChI=1S/C24H44N.ClH/c1-3-4-5-6-7-8-9-10-11-12-13-14-15-16-17-18-19-24-20-22-25(2)23-21-24;/h20-23H,3-19H2,1-2H3;1H/q+1;/p-1. The molecule has 0 aliphatic rings. The van der Waals surface area contributed by atoms with Crippen LogP contribution in [0.15, 0.2) is 24.5 Å². The molecular weight excluding hydrogens is 338 g/mol. The van der Waals surface area contributed by atoms with Crippen molar-refractivity contribution in [2.24, 2.45) is 7.05 Å². The molecule has 1 heterocycles. The van der Waals surface area contributed by atoms with E-state index in [0.29, 0.717) is 0 Å². The van der Waals surface area contributed by atoms with E-state index in [1.807, 2.05) is 0 Å². The van der Waals surface area contributed by atoms with Gasteiger partial charge in [0.2, 0.25) is 0 Å². The average molecular weight is 382 g/mol. The van der Waals surface area contributed by atoms with Gasteiger partial charge in [-0.2, -0.15) is 0 Å². The van der Waals surface area contributed by atoms with E-state index in [1.54, 1.807) is 0 Å². The molecule has 0 fully saturated rings. The molecule has 0 saturated carbocycles. The Morgan fingerprint density at radius 1 is 0.577 bits per heavy atom. The van der Waals surface area contributed by atoms with E-state index >= 15 is 0 Å². The number of pyridine rings is 1. The normalized spacial score (nSPS) is 10.7. The van der Waals surface area contributed by atoms with Gasteiger partial charge in [-0.3, -0.25) is 0 Å². The van der Waals surface area contributed by atoms with Crippen LogP contribution in [0.2, 0.25) is 0 Å². The monoisotopic (exact) mass is 381 g/mol. The van der Waals surface area contributed by atoms with Crippen molar-refractivity contribution >= 4 is 0 Å². The third kappa shape index (κ3) is 15.7. The van der Waals surface area contributed by atoms with E-state index in [0.717, 1.165) is 0 Å². The topological polar surface area (TPSA) is 3.88 Å². The molecular formula is C24H44ClN. The van der Waals surface area contributed by atoms with Gasteiger partial charge in [0.1, 0.15) is 7.05 Å². The molecule has 1 aromatic heterocycles. The predicted octanol–water partition coefficient (Wildman–Crippen LogP) is 4.32. The van der Waals surface area contributed by atoms with Gasteiger partial charge in [-0.15, -0.1) is 0 Å². The number of rotatable bonds is 17. The second-order valence-electron chi connectivity index (χ2n) is 7.93. The zero-order chi connectivity index (χ0) is 18.0. The number of hydrogen-bond acceptors (Lipinski definition) is 0. The summed E-state index contributed by atoms with van der Waals surface area (Å²) in [5, 5.41) is 0. The quantitative estimate of drug-likeness (QED) is 0.279. The highest BCUT2D eigenvalue weighted by atomic mass is 35.5. The van der Waals surface area contributed by atoms with Crippen molar-refractivity contribution in [2.45, 2.75) is 116 Å². The van der Waals surface area contributed by atoms with Crippen LogP contribution in [0.5, 0.6) is 0 Å². The van der Waals surface area contributed by atoms with Gasteiger partial charge >= 0.3 is 0 Å². The molecule has 26 heavy (non-hydrogen) atoms. The summed E-state index contributed by atoms with van der Waals surface area (Å²) < 4.78 is 2.11. The van der Waals surface area contributed by atoms with E-state index in [9.17, 15) is 0 Å². The lowest BCUT2D eigenvalue weighted by Crippen LogP contribution is -3.00. The Morgan fingerprint density at radius 2 is 0.923 bits per heavy atom. The second kappa shape index (κ2) is 19.2. The third-order valence-electron chi connectivity index (χ3n) is 5.37. The van der Waals surface area contributed by atoms with Gasteiger partial charge in [0, 0.05) is 12.1 Å². The molecule has 0 aliphatic carbocycles. The first kappa shape index (κ1) is 25.4. The molecule has 2 heteroatoms. The van der Waals surface area contributed by atoms with Crippen LogP contribution in [-0.2, 0) is 13.5 Å². The number of nitrogens with zero attached hydrogens (tertiary/aromatic N) is 1. The minimum atomic E-state index is 0. The molecule has 0 aliphatic heterocycles. The van der Waals surface area contributed by atoms with Crippen LogP contribution in [0.25, 0.3) is 0 Å². The second-order valence-corrected chi connectivity index (χ2v) is 7.93. The summed E-state index contributed by atoms with van der Waals surface area (Å²) in [6.45, 7) is 2.30. The summed E-state index contributed by atoms with van der Waals surface area (Å²) in [6, 6.07) is 4.51. The van der Waals surface area contributed by atoms with Crippen LogP contribution >= 0.6 is 0 Å². The maximum absolute atomic E-state index is 2.30. The fourth-order valence-electron chi connectivity index (χ4n) is 3.58. The molecule has 1 rings (SSSR count). The number of aromatic nitrogens is 1. The lowest BCUT2D eigenvalue weighted by molar-refractivity contribution is -0.671. The Bertz CT molecular complexity index is 388. The Balaban J connectivity index is 0.00000625. The molecule has 0 amide bonds. The minimum absolute atomic E-state index is 0. The first-order chi connectivity index (χ1) is 12.3. The summed E-state index contributed by atoms with van der Waals surface area (Å²) in [5.74, 6) is 0. The van der Waals surface area contributed by atoms with Crippen molar-refractivity contribution in [3.8, 4) is 0 Å². The highest BCUT2D eigenvalue weighted by Gasteiger charge is 1.97. The number of halogens is 1. The molecule has 0 radical (unpaired) electrons. The average Bonchev–Trinajstić information content (AvgIpc) is 2.63. The lowest BCUT2D eigenvalue weighted by atomic mass is 10.0. The van der Waals surface area contributed by atoms with Crippen molar-refractivity contribution < 1.29 is 17.0 Å². The van der Waals surface area contributed by atoms with Crippen LogP contribution in [0, 0.1) is 0 Å². The summed E-state index contributed by atoms with van der Waals surface area (Å²) in [4.78, 5) is 0. The van der Waals surface area contributed by atoms with Crippen LogP contribution in [0.4, 0.5) is 0 Å². The van der Waals surface area contributed by atoms with E-state index in [1.165, 1.54) is 115 Å². The zero-order valence-corrected chi connectivity index (χ0v) is 18.4.